The van der Waals surface area contributed by atoms with Crippen molar-refractivity contribution in [1.82, 2.24) is 4.98 Å². The number of aryl methyl sites for hydroxylation is 2. The van der Waals surface area contributed by atoms with E-state index in [9.17, 15) is 0 Å². The summed E-state index contributed by atoms with van der Waals surface area (Å²) in [6.07, 6.45) is 1.59. The Morgan fingerprint density at radius 2 is 2.00 bits per heavy atom. The van der Waals surface area contributed by atoms with Crippen LogP contribution < -0.4 is 4.74 Å². The van der Waals surface area contributed by atoms with E-state index in [0.29, 0.717) is 11.3 Å². The van der Waals surface area contributed by atoms with E-state index in [4.69, 9.17) is 10.00 Å². The number of hydrogen-bond acceptors (Lipinski definition) is 3. The van der Waals surface area contributed by atoms with Crippen LogP contribution in [0.15, 0.2) is 30.5 Å². The molecule has 0 aliphatic rings. The van der Waals surface area contributed by atoms with Gasteiger partial charge in [-0.25, -0.2) is 0 Å². The summed E-state index contributed by atoms with van der Waals surface area (Å²) in [5.74, 6) is 0.506. The summed E-state index contributed by atoms with van der Waals surface area (Å²) in [6, 6.07) is 10.1. The third kappa shape index (κ3) is 2.18. The van der Waals surface area contributed by atoms with Gasteiger partial charge in [0.15, 0.2) is 5.75 Å². The van der Waals surface area contributed by atoms with Crippen molar-refractivity contribution in [3.8, 4) is 23.1 Å². The van der Waals surface area contributed by atoms with Crippen molar-refractivity contribution in [3.63, 3.8) is 0 Å². The molecule has 0 saturated carbocycles. The van der Waals surface area contributed by atoms with Crippen LogP contribution >= 0.6 is 0 Å². The molecule has 0 atom stereocenters. The summed E-state index contributed by atoms with van der Waals surface area (Å²) in [4.78, 5) is 4.34. The maximum atomic E-state index is 9.08. The van der Waals surface area contributed by atoms with Crippen molar-refractivity contribution in [1.29, 1.82) is 5.26 Å². The molecule has 0 fully saturated rings. The zero-order valence-corrected chi connectivity index (χ0v) is 10.7. The molecule has 2 aromatic rings. The number of ether oxygens (including phenoxy) is 1. The molecule has 18 heavy (non-hydrogen) atoms. The standard InChI is InChI=1S/C15H14N2O/c1-10-4-5-13(11(2)6-10)14-7-12(8-16)15(18-3)9-17-14/h4-7,9H,1-3H3. The van der Waals surface area contributed by atoms with Crippen molar-refractivity contribution in [2.45, 2.75) is 13.8 Å². The molecule has 1 aromatic heterocycles. The Morgan fingerprint density at radius 1 is 1.22 bits per heavy atom. The molecule has 1 heterocycles. The molecule has 0 aliphatic carbocycles. The van der Waals surface area contributed by atoms with Gasteiger partial charge in [0.25, 0.3) is 0 Å². The van der Waals surface area contributed by atoms with Gasteiger partial charge in [-0.3, -0.25) is 4.98 Å². The summed E-state index contributed by atoms with van der Waals surface area (Å²) in [5.41, 5.74) is 4.70. The number of aromatic nitrogens is 1. The fraction of sp³-hybridized carbons (Fsp3) is 0.200. The molecule has 2 rings (SSSR count). The highest BCUT2D eigenvalue weighted by Crippen LogP contribution is 2.26. The number of pyridine rings is 1. The summed E-state index contributed by atoms with van der Waals surface area (Å²) in [5, 5.41) is 9.08. The van der Waals surface area contributed by atoms with E-state index in [0.717, 1.165) is 16.8 Å². The number of hydrogen-bond donors (Lipinski definition) is 0. The number of methoxy groups -OCH3 is 1. The Labute approximate surface area is 107 Å². The smallest absolute Gasteiger partial charge is 0.154 e. The molecule has 3 nitrogen and oxygen atoms in total. The Morgan fingerprint density at radius 3 is 2.61 bits per heavy atom. The third-order valence-corrected chi connectivity index (χ3v) is 2.87. The molecule has 0 spiro atoms. The summed E-state index contributed by atoms with van der Waals surface area (Å²) in [6.45, 7) is 4.10. The topological polar surface area (TPSA) is 45.9 Å². The number of rotatable bonds is 2. The first kappa shape index (κ1) is 12.1. The van der Waals surface area contributed by atoms with Gasteiger partial charge in [-0.1, -0.05) is 23.8 Å². The van der Waals surface area contributed by atoms with Gasteiger partial charge in [0, 0.05) is 5.56 Å². The second-order valence-corrected chi connectivity index (χ2v) is 4.20. The van der Waals surface area contributed by atoms with Gasteiger partial charge >= 0.3 is 0 Å². The number of nitriles is 1. The lowest BCUT2D eigenvalue weighted by Gasteiger charge is -2.08. The molecule has 1 aromatic carbocycles. The monoisotopic (exact) mass is 238 g/mol. The van der Waals surface area contributed by atoms with Crippen LogP contribution in [0.5, 0.6) is 5.75 Å². The van der Waals surface area contributed by atoms with E-state index < -0.39 is 0 Å². The molecule has 0 bridgehead atoms. The first-order chi connectivity index (χ1) is 8.65. The van der Waals surface area contributed by atoms with Crippen molar-refractivity contribution in [2.75, 3.05) is 7.11 Å². The van der Waals surface area contributed by atoms with E-state index in [-0.39, 0.29) is 0 Å². The van der Waals surface area contributed by atoms with E-state index in [1.165, 1.54) is 12.7 Å². The maximum absolute atomic E-state index is 9.08. The van der Waals surface area contributed by atoms with Gasteiger partial charge < -0.3 is 4.74 Å². The highest BCUT2D eigenvalue weighted by molar-refractivity contribution is 5.66. The Bertz CT molecular complexity index is 627. The zero-order valence-electron chi connectivity index (χ0n) is 10.7. The molecule has 0 saturated heterocycles. The lowest BCUT2D eigenvalue weighted by atomic mass is 10.0. The molecular weight excluding hydrogens is 224 g/mol. The Kier molecular flexibility index (Phi) is 3.29. The fourth-order valence-corrected chi connectivity index (χ4v) is 1.94. The fourth-order valence-electron chi connectivity index (χ4n) is 1.94. The van der Waals surface area contributed by atoms with Crippen molar-refractivity contribution in [2.24, 2.45) is 0 Å². The minimum atomic E-state index is 0.502. The van der Waals surface area contributed by atoms with E-state index in [1.54, 1.807) is 12.3 Å². The molecular formula is C15H14N2O. The van der Waals surface area contributed by atoms with E-state index >= 15 is 0 Å². The maximum Gasteiger partial charge on any atom is 0.154 e. The van der Waals surface area contributed by atoms with Crippen LogP contribution in [0.25, 0.3) is 11.3 Å². The lowest BCUT2D eigenvalue weighted by molar-refractivity contribution is 0.411. The Hall–Kier alpha value is -2.34. The van der Waals surface area contributed by atoms with Gasteiger partial charge in [-0.15, -0.1) is 0 Å². The van der Waals surface area contributed by atoms with Crippen LogP contribution in [-0.4, -0.2) is 12.1 Å². The van der Waals surface area contributed by atoms with E-state index in [1.807, 2.05) is 19.1 Å². The minimum absolute atomic E-state index is 0.502. The molecule has 0 aliphatic heterocycles. The van der Waals surface area contributed by atoms with E-state index in [2.05, 4.69) is 24.0 Å². The lowest BCUT2D eigenvalue weighted by Crippen LogP contribution is -1.93. The quantitative estimate of drug-likeness (QED) is 0.806. The molecule has 0 amide bonds. The second kappa shape index (κ2) is 4.89. The highest BCUT2D eigenvalue weighted by atomic mass is 16.5. The highest BCUT2D eigenvalue weighted by Gasteiger charge is 2.08. The largest absolute Gasteiger partial charge is 0.494 e. The van der Waals surface area contributed by atoms with Gasteiger partial charge in [0.1, 0.15) is 6.07 Å². The first-order valence-corrected chi connectivity index (χ1v) is 5.67. The molecule has 0 N–H and O–H groups in total. The SMILES string of the molecule is COc1cnc(-c2ccc(C)cc2C)cc1C#N. The second-order valence-electron chi connectivity index (χ2n) is 4.20. The van der Waals surface area contributed by atoms with Crippen LogP contribution in [-0.2, 0) is 0 Å². The normalized spacial score (nSPS) is 9.89. The average Bonchev–Trinajstić information content (AvgIpc) is 2.38. The minimum Gasteiger partial charge on any atom is -0.494 e. The average molecular weight is 238 g/mol. The van der Waals surface area contributed by atoms with Gasteiger partial charge in [-0.05, 0) is 25.5 Å². The predicted octanol–water partition coefficient (Wildman–Crippen LogP) is 3.25. The summed E-state index contributed by atoms with van der Waals surface area (Å²) in [7, 11) is 1.54. The summed E-state index contributed by atoms with van der Waals surface area (Å²) < 4.78 is 5.09. The molecule has 0 radical (unpaired) electrons. The van der Waals surface area contributed by atoms with Crippen molar-refractivity contribution < 1.29 is 4.74 Å². The molecule has 90 valence electrons. The number of benzene rings is 1. The number of nitrogens with zero attached hydrogens (tertiary/aromatic N) is 2. The van der Waals surface area contributed by atoms with Crippen LogP contribution in [0.3, 0.4) is 0 Å². The summed E-state index contributed by atoms with van der Waals surface area (Å²) >= 11 is 0. The van der Waals surface area contributed by atoms with Crippen molar-refractivity contribution in [3.05, 3.63) is 47.2 Å². The van der Waals surface area contributed by atoms with Gasteiger partial charge in [0.2, 0.25) is 0 Å². The van der Waals surface area contributed by atoms with Crippen LogP contribution in [0.2, 0.25) is 0 Å². The molecule has 3 heteroatoms. The zero-order chi connectivity index (χ0) is 13.1. The van der Waals surface area contributed by atoms with Gasteiger partial charge in [0.05, 0.1) is 24.6 Å². The Balaban J connectivity index is 2.55. The van der Waals surface area contributed by atoms with Gasteiger partial charge in [-0.2, -0.15) is 5.26 Å². The third-order valence-electron chi connectivity index (χ3n) is 2.87. The van der Waals surface area contributed by atoms with Crippen LogP contribution in [0, 0.1) is 25.2 Å². The first-order valence-electron chi connectivity index (χ1n) is 5.67. The molecule has 0 unspecified atom stereocenters. The van der Waals surface area contributed by atoms with Crippen LogP contribution in [0.1, 0.15) is 16.7 Å². The van der Waals surface area contributed by atoms with Crippen LogP contribution in [0.4, 0.5) is 0 Å². The predicted molar refractivity (Wildman–Crippen MR) is 70.4 cm³/mol. The van der Waals surface area contributed by atoms with Crippen molar-refractivity contribution >= 4 is 0 Å².